The van der Waals surface area contributed by atoms with Gasteiger partial charge in [-0.15, -0.1) is 0 Å². The van der Waals surface area contributed by atoms with Gasteiger partial charge in [0.1, 0.15) is 5.75 Å². The summed E-state index contributed by atoms with van der Waals surface area (Å²) in [5.41, 5.74) is 2.13. The molecule has 5 heteroatoms. The SMILES string of the molecule is CN1C(=O)CCc2cc(OCCCCS(=O)c3ccccc3)ccc21. The number of nitrogens with zero attached hydrogens (tertiary/aromatic N) is 1. The Bertz CT molecular complexity index is 761. The van der Waals surface area contributed by atoms with E-state index in [1.807, 2.05) is 55.6 Å². The summed E-state index contributed by atoms with van der Waals surface area (Å²) in [6.45, 7) is 0.611. The molecule has 25 heavy (non-hydrogen) atoms. The Morgan fingerprint density at radius 2 is 1.88 bits per heavy atom. The van der Waals surface area contributed by atoms with Gasteiger partial charge in [-0.2, -0.15) is 0 Å². The lowest BCUT2D eigenvalue weighted by atomic mass is 10.0. The molecule has 3 rings (SSSR count). The first kappa shape index (κ1) is 17.7. The highest BCUT2D eigenvalue weighted by atomic mass is 32.2. The van der Waals surface area contributed by atoms with Crippen LogP contribution in [0.1, 0.15) is 24.8 Å². The van der Waals surface area contributed by atoms with Gasteiger partial charge in [-0.3, -0.25) is 9.00 Å². The lowest BCUT2D eigenvalue weighted by molar-refractivity contribution is -0.118. The molecule has 132 valence electrons. The molecule has 1 amide bonds. The van der Waals surface area contributed by atoms with Gasteiger partial charge in [0.25, 0.3) is 0 Å². The topological polar surface area (TPSA) is 46.6 Å². The average molecular weight is 357 g/mol. The molecular formula is C20H23NO3S. The number of ether oxygens (including phenoxy) is 1. The first-order valence-corrected chi connectivity index (χ1v) is 9.93. The van der Waals surface area contributed by atoms with E-state index < -0.39 is 10.8 Å². The van der Waals surface area contributed by atoms with Crippen LogP contribution in [-0.4, -0.2) is 29.5 Å². The normalized spacial score (nSPS) is 14.9. The van der Waals surface area contributed by atoms with Gasteiger partial charge < -0.3 is 9.64 Å². The second-order valence-corrected chi connectivity index (χ2v) is 7.73. The second-order valence-electron chi connectivity index (χ2n) is 6.16. The highest BCUT2D eigenvalue weighted by molar-refractivity contribution is 7.85. The first-order valence-electron chi connectivity index (χ1n) is 8.61. The molecular weight excluding hydrogens is 334 g/mol. The zero-order valence-electron chi connectivity index (χ0n) is 14.4. The van der Waals surface area contributed by atoms with Crippen molar-refractivity contribution in [2.24, 2.45) is 0 Å². The molecule has 0 spiro atoms. The first-order chi connectivity index (χ1) is 12.1. The maximum absolute atomic E-state index is 12.1. The Balaban J connectivity index is 1.44. The van der Waals surface area contributed by atoms with Crippen LogP contribution in [0, 0.1) is 0 Å². The van der Waals surface area contributed by atoms with E-state index in [-0.39, 0.29) is 5.91 Å². The zero-order chi connectivity index (χ0) is 17.6. The molecule has 0 fully saturated rings. The highest BCUT2D eigenvalue weighted by Gasteiger charge is 2.20. The van der Waals surface area contributed by atoms with Gasteiger partial charge in [-0.25, -0.2) is 0 Å². The van der Waals surface area contributed by atoms with Crippen molar-refractivity contribution in [3.05, 3.63) is 54.1 Å². The molecule has 1 atom stereocenters. The molecule has 1 heterocycles. The number of hydrogen-bond acceptors (Lipinski definition) is 3. The minimum Gasteiger partial charge on any atom is -0.494 e. The van der Waals surface area contributed by atoms with Crippen LogP contribution in [0.3, 0.4) is 0 Å². The van der Waals surface area contributed by atoms with Crippen LogP contribution < -0.4 is 9.64 Å². The maximum Gasteiger partial charge on any atom is 0.227 e. The summed E-state index contributed by atoms with van der Waals surface area (Å²) in [6, 6.07) is 15.5. The van der Waals surface area contributed by atoms with E-state index in [1.165, 1.54) is 0 Å². The molecule has 2 aromatic carbocycles. The fraction of sp³-hybridized carbons (Fsp3) is 0.350. The number of rotatable bonds is 7. The number of amides is 1. The van der Waals surface area contributed by atoms with E-state index in [4.69, 9.17) is 4.74 Å². The minimum absolute atomic E-state index is 0.160. The summed E-state index contributed by atoms with van der Waals surface area (Å²) in [4.78, 5) is 14.3. The van der Waals surface area contributed by atoms with Crippen LogP contribution in [0.5, 0.6) is 5.75 Å². The Labute approximate surface area is 151 Å². The lowest BCUT2D eigenvalue weighted by Crippen LogP contribution is -2.30. The molecule has 2 aromatic rings. The molecule has 0 saturated heterocycles. The smallest absolute Gasteiger partial charge is 0.227 e. The molecule has 0 bridgehead atoms. The van der Waals surface area contributed by atoms with Crippen molar-refractivity contribution in [3.63, 3.8) is 0 Å². The fourth-order valence-corrected chi connectivity index (χ4v) is 4.10. The number of anilines is 1. The summed E-state index contributed by atoms with van der Waals surface area (Å²) in [5.74, 6) is 1.66. The number of fused-ring (bicyclic) bond motifs is 1. The number of carbonyl (C=O) groups excluding carboxylic acids is 1. The average Bonchev–Trinajstić information content (AvgIpc) is 2.65. The molecule has 1 aliphatic rings. The van der Waals surface area contributed by atoms with Gasteiger partial charge in [0.2, 0.25) is 5.91 Å². The van der Waals surface area contributed by atoms with E-state index in [9.17, 15) is 9.00 Å². The zero-order valence-corrected chi connectivity index (χ0v) is 15.3. The second kappa shape index (κ2) is 8.30. The molecule has 0 N–H and O–H groups in total. The fourth-order valence-electron chi connectivity index (χ4n) is 2.94. The largest absolute Gasteiger partial charge is 0.494 e. The van der Waals surface area contributed by atoms with Gasteiger partial charge >= 0.3 is 0 Å². The van der Waals surface area contributed by atoms with Crippen molar-refractivity contribution in [2.75, 3.05) is 24.3 Å². The number of carbonyl (C=O) groups is 1. The van der Waals surface area contributed by atoms with Crippen molar-refractivity contribution in [3.8, 4) is 5.75 Å². The Morgan fingerprint density at radius 3 is 2.68 bits per heavy atom. The van der Waals surface area contributed by atoms with Crippen LogP contribution in [0.4, 0.5) is 5.69 Å². The van der Waals surface area contributed by atoms with Gasteiger partial charge in [-0.05, 0) is 55.2 Å². The third-order valence-corrected chi connectivity index (χ3v) is 5.85. The van der Waals surface area contributed by atoms with Crippen LogP contribution in [0.25, 0.3) is 0 Å². The Hall–Kier alpha value is -2.14. The molecule has 0 radical (unpaired) electrons. The van der Waals surface area contributed by atoms with Gasteiger partial charge in [-0.1, -0.05) is 18.2 Å². The van der Waals surface area contributed by atoms with Crippen molar-refractivity contribution < 1.29 is 13.7 Å². The number of aryl methyl sites for hydroxylation is 1. The lowest BCUT2D eigenvalue weighted by Gasteiger charge is -2.26. The van der Waals surface area contributed by atoms with E-state index in [0.29, 0.717) is 18.8 Å². The number of benzene rings is 2. The monoisotopic (exact) mass is 357 g/mol. The Morgan fingerprint density at radius 1 is 1.08 bits per heavy atom. The van der Waals surface area contributed by atoms with E-state index in [0.717, 1.165) is 41.2 Å². The molecule has 4 nitrogen and oxygen atoms in total. The number of unbranched alkanes of at least 4 members (excludes halogenated alkanes) is 1. The molecule has 1 unspecified atom stereocenters. The van der Waals surface area contributed by atoms with Crippen LogP contribution in [0.15, 0.2) is 53.4 Å². The Kier molecular flexibility index (Phi) is 5.87. The minimum atomic E-state index is -0.934. The molecule has 0 aromatic heterocycles. The van der Waals surface area contributed by atoms with E-state index >= 15 is 0 Å². The highest BCUT2D eigenvalue weighted by Crippen LogP contribution is 2.30. The van der Waals surface area contributed by atoms with Crippen molar-refractivity contribution in [2.45, 2.75) is 30.6 Å². The third-order valence-electron chi connectivity index (χ3n) is 4.39. The van der Waals surface area contributed by atoms with E-state index in [2.05, 4.69) is 0 Å². The van der Waals surface area contributed by atoms with Gasteiger partial charge in [0.15, 0.2) is 0 Å². The summed E-state index contributed by atoms with van der Waals surface area (Å²) in [7, 11) is 0.880. The van der Waals surface area contributed by atoms with Crippen molar-refractivity contribution >= 4 is 22.4 Å². The predicted molar refractivity (Wildman–Crippen MR) is 101 cm³/mol. The van der Waals surface area contributed by atoms with E-state index in [1.54, 1.807) is 4.90 Å². The number of hydrogen-bond donors (Lipinski definition) is 0. The summed E-state index contributed by atoms with van der Waals surface area (Å²) in [5, 5.41) is 0. The summed E-state index contributed by atoms with van der Waals surface area (Å²) >= 11 is 0. The van der Waals surface area contributed by atoms with Gasteiger partial charge in [0.05, 0.1) is 17.4 Å². The van der Waals surface area contributed by atoms with Crippen molar-refractivity contribution in [1.82, 2.24) is 0 Å². The predicted octanol–water partition coefficient (Wildman–Crippen LogP) is 3.56. The van der Waals surface area contributed by atoms with Crippen LogP contribution in [-0.2, 0) is 22.0 Å². The molecule has 0 saturated carbocycles. The molecule has 1 aliphatic heterocycles. The molecule has 0 aliphatic carbocycles. The van der Waals surface area contributed by atoms with Crippen LogP contribution >= 0.6 is 0 Å². The third kappa shape index (κ3) is 4.48. The van der Waals surface area contributed by atoms with Crippen LogP contribution in [0.2, 0.25) is 0 Å². The summed E-state index contributed by atoms with van der Waals surface area (Å²) < 4.78 is 18.0. The standard InChI is InChI=1S/C20H23NO3S/c1-21-19-11-10-17(15-16(19)9-12-20(21)22)24-13-5-6-14-25(23)18-7-3-2-4-8-18/h2-4,7-8,10-11,15H,5-6,9,12-14H2,1H3. The summed E-state index contributed by atoms with van der Waals surface area (Å²) in [6.07, 6.45) is 3.06. The quantitative estimate of drug-likeness (QED) is 0.712. The maximum atomic E-state index is 12.1. The van der Waals surface area contributed by atoms with Crippen molar-refractivity contribution in [1.29, 1.82) is 0 Å². The van der Waals surface area contributed by atoms with Gasteiger partial charge in [0, 0.05) is 29.8 Å².